The minimum Gasteiger partial charge on any atom is -0.478 e. The van der Waals surface area contributed by atoms with Crippen LogP contribution in [-0.4, -0.2) is 20.9 Å². The zero-order valence-electron chi connectivity index (χ0n) is 10.9. The Kier molecular flexibility index (Phi) is 3.26. The van der Waals surface area contributed by atoms with Gasteiger partial charge in [-0.05, 0) is 31.0 Å². The fraction of sp³-hybridized carbons (Fsp3) is 0.333. The van der Waals surface area contributed by atoms with E-state index >= 15 is 0 Å². The van der Waals surface area contributed by atoms with Crippen molar-refractivity contribution in [2.75, 3.05) is 0 Å². The molecule has 1 heterocycles. The molecule has 0 radical (unpaired) electrons. The third-order valence-electron chi connectivity index (χ3n) is 3.79. The Morgan fingerprint density at radius 2 is 2.10 bits per heavy atom. The van der Waals surface area contributed by atoms with Crippen LogP contribution in [0.2, 0.25) is 0 Å². The minimum atomic E-state index is -0.977. The maximum Gasteiger partial charge on any atom is 0.339 e. The summed E-state index contributed by atoms with van der Waals surface area (Å²) in [7, 11) is 0. The molecule has 3 rings (SSSR count). The van der Waals surface area contributed by atoms with Crippen LogP contribution in [0.1, 0.15) is 47.7 Å². The zero-order valence-corrected chi connectivity index (χ0v) is 10.9. The first-order valence-electron chi connectivity index (χ1n) is 6.74. The van der Waals surface area contributed by atoms with E-state index in [1.807, 2.05) is 0 Å². The van der Waals surface area contributed by atoms with E-state index in [2.05, 4.69) is 5.10 Å². The van der Waals surface area contributed by atoms with Gasteiger partial charge in [-0.25, -0.2) is 13.9 Å². The summed E-state index contributed by atoms with van der Waals surface area (Å²) in [6.07, 6.45) is 5.64. The van der Waals surface area contributed by atoms with Crippen molar-refractivity contribution in [3.05, 3.63) is 47.5 Å². The van der Waals surface area contributed by atoms with Crippen LogP contribution in [0.3, 0.4) is 0 Å². The second kappa shape index (κ2) is 5.07. The molecule has 1 aliphatic carbocycles. The van der Waals surface area contributed by atoms with E-state index in [0.717, 1.165) is 25.7 Å². The van der Waals surface area contributed by atoms with Gasteiger partial charge in [0.15, 0.2) is 0 Å². The summed E-state index contributed by atoms with van der Waals surface area (Å²) in [5.41, 5.74) is 1.39. The Morgan fingerprint density at radius 3 is 2.75 bits per heavy atom. The van der Waals surface area contributed by atoms with Gasteiger partial charge in [0.1, 0.15) is 11.4 Å². The number of rotatable bonds is 3. The Labute approximate surface area is 115 Å². The van der Waals surface area contributed by atoms with Crippen LogP contribution in [-0.2, 0) is 0 Å². The second-order valence-electron chi connectivity index (χ2n) is 5.14. The van der Waals surface area contributed by atoms with Crippen molar-refractivity contribution in [3.8, 4) is 5.69 Å². The lowest BCUT2D eigenvalue weighted by molar-refractivity contribution is 0.0695. The lowest BCUT2D eigenvalue weighted by Gasteiger charge is -2.06. The monoisotopic (exact) mass is 274 g/mol. The average molecular weight is 274 g/mol. The quantitative estimate of drug-likeness (QED) is 0.933. The fourth-order valence-corrected chi connectivity index (χ4v) is 2.80. The van der Waals surface area contributed by atoms with Crippen LogP contribution in [0, 0.1) is 5.82 Å². The predicted octanol–water partition coefficient (Wildman–Crippen LogP) is 3.37. The van der Waals surface area contributed by atoms with E-state index < -0.39 is 5.97 Å². The highest BCUT2D eigenvalue weighted by atomic mass is 19.1. The maximum absolute atomic E-state index is 13.3. The molecule has 0 bridgehead atoms. The van der Waals surface area contributed by atoms with Gasteiger partial charge in [0.05, 0.1) is 11.4 Å². The Balaban J connectivity index is 2.05. The number of aromatic nitrogens is 2. The molecule has 1 aliphatic rings. The van der Waals surface area contributed by atoms with Gasteiger partial charge in [0, 0.05) is 12.1 Å². The summed E-state index contributed by atoms with van der Waals surface area (Å²) in [6.45, 7) is 0. The van der Waals surface area contributed by atoms with Gasteiger partial charge >= 0.3 is 5.97 Å². The molecule has 4 nitrogen and oxygen atoms in total. The Hall–Kier alpha value is -2.17. The predicted molar refractivity (Wildman–Crippen MR) is 71.7 cm³/mol. The number of halogens is 1. The van der Waals surface area contributed by atoms with Crippen molar-refractivity contribution >= 4 is 5.97 Å². The van der Waals surface area contributed by atoms with E-state index in [1.54, 1.807) is 12.1 Å². The molecule has 5 heteroatoms. The number of aromatic carboxylic acids is 1. The van der Waals surface area contributed by atoms with Gasteiger partial charge in [-0.2, -0.15) is 5.10 Å². The average Bonchev–Trinajstić information content (AvgIpc) is 3.08. The van der Waals surface area contributed by atoms with E-state index in [9.17, 15) is 14.3 Å². The summed E-state index contributed by atoms with van der Waals surface area (Å²) in [6, 6.07) is 5.99. The van der Waals surface area contributed by atoms with Gasteiger partial charge in [-0.1, -0.05) is 18.9 Å². The number of carbonyl (C=O) groups is 1. The molecule has 104 valence electrons. The van der Waals surface area contributed by atoms with Crippen LogP contribution in [0.15, 0.2) is 30.5 Å². The molecule has 1 N–H and O–H groups in total. The minimum absolute atomic E-state index is 0.205. The normalized spacial score (nSPS) is 15.7. The largest absolute Gasteiger partial charge is 0.478 e. The molecule has 0 amide bonds. The molecule has 2 aromatic rings. The first-order valence-corrected chi connectivity index (χ1v) is 6.74. The number of carboxylic acid groups (broad SMARTS) is 1. The summed E-state index contributed by atoms with van der Waals surface area (Å²) >= 11 is 0. The topological polar surface area (TPSA) is 55.1 Å². The van der Waals surface area contributed by atoms with Crippen molar-refractivity contribution < 1.29 is 14.3 Å². The number of benzene rings is 1. The molecule has 0 unspecified atom stereocenters. The van der Waals surface area contributed by atoms with E-state index in [-0.39, 0.29) is 17.3 Å². The lowest BCUT2D eigenvalue weighted by Crippen LogP contribution is -2.03. The SMILES string of the molecule is O=C(O)c1cn(-c2cccc(F)c2)nc1C1CCCC1. The Morgan fingerprint density at radius 1 is 1.35 bits per heavy atom. The van der Waals surface area contributed by atoms with Crippen molar-refractivity contribution in [2.24, 2.45) is 0 Å². The molecule has 0 atom stereocenters. The standard InChI is InChI=1S/C15H15FN2O2/c16-11-6-3-7-12(8-11)18-9-13(15(19)20)14(17-18)10-4-1-2-5-10/h3,6-10H,1-2,4-5H2,(H,19,20). The van der Waals surface area contributed by atoms with Gasteiger partial charge in [0.25, 0.3) is 0 Å². The van der Waals surface area contributed by atoms with Crippen molar-refractivity contribution in [1.82, 2.24) is 9.78 Å². The number of nitrogens with zero attached hydrogens (tertiary/aromatic N) is 2. The van der Waals surface area contributed by atoms with Crippen LogP contribution in [0.4, 0.5) is 4.39 Å². The molecule has 20 heavy (non-hydrogen) atoms. The van der Waals surface area contributed by atoms with Crippen LogP contribution < -0.4 is 0 Å². The molecule has 1 aromatic carbocycles. The van der Waals surface area contributed by atoms with E-state index in [1.165, 1.54) is 23.0 Å². The number of hydrogen-bond donors (Lipinski definition) is 1. The zero-order chi connectivity index (χ0) is 14.1. The van der Waals surface area contributed by atoms with Crippen LogP contribution in [0.25, 0.3) is 5.69 Å². The molecule has 1 aromatic heterocycles. The maximum atomic E-state index is 13.3. The fourth-order valence-electron chi connectivity index (χ4n) is 2.80. The number of hydrogen-bond acceptors (Lipinski definition) is 2. The molecule has 0 aliphatic heterocycles. The van der Waals surface area contributed by atoms with Gasteiger partial charge in [0.2, 0.25) is 0 Å². The highest BCUT2D eigenvalue weighted by Gasteiger charge is 2.26. The van der Waals surface area contributed by atoms with Gasteiger partial charge in [-0.3, -0.25) is 0 Å². The van der Waals surface area contributed by atoms with Gasteiger partial charge in [-0.15, -0.1) is 0 Å². The molecule has 0 spiro atoms. The first-order chi connectivity index (χ1) is 9.65. The van der Waals surface area contributed by atoms with Crippen molar-refractivity contribution in [1.29, 1.82) is 0 Å². The summed E-state index contributed by atoms with van der Waals surface area (Å²) < 4.78 is 14.7. The van der Waals surface area contributed by atoms with E-state index in [0.29, 0.717) is 11.4 Å². The summed E-state index contributed by atoms with van der Waals surface area (Å²) in [4.78, 5) is 11.4. The molecular weight excluding hydrogens is 259 g/mol. The van der Waals surface area contributed by atoms with Gasteiger partial charge < -0.3 is 5.11 Å². The van der Waals surface area contributed by atoms with Crippen molar-refractivity contribution in [2.45, 2.75) is 31.6 Å². The Bertz CT molecular complexity index is 645. The first kappa shape index (κ1) is 12.8. The molecule has 0 saturated heterocycles. The smallest absolute Gasteiger partial charge is 0.339 e. The van der Waals surface area contributed by atoms with E-state index in [4.69, 9.17) is 0 Å². The number of carboxylic acids is 1. The van der Waals surface area contributed by atoms with Crippen LogP contribution >= 0.6 is 0 Å². The molecule has 1 fully saturated rings. The third kappa shape index (κ3) is 2.31. The molecule has 1 saturated carbocycles. The third-order valence-corrected chi connectivity index (χ3v) is 3.79. The second-order valence-corrected chi connectivity index (χ2v) is 5.14. The summed E-state index contributed by atoms with van der Waals surface area (Å²) in [5, 5.41) is 13.7. The lowest BCUT2D eigenvalue weighted by atomic mass is 10.0. The summed E-state index contributed by atoms with van der Waals surface area (Å²) in [5.74, 6) is -1.14. The molecular formula is C15H15FN2O2. The van der Waals surface area contributed by atoms with Crippen molar-refractivity contribution in [3.63, 3.8) is 0 Å². The van der Waals surface area contributed by atoms with Crippen LogP contribution in [0.5, 0.6) is 0 Å². The highest BCUT2D eigenvalue weighted by Crippen LogP contribution is 2.35. The highest BCUT2D eigenvalue weighted by molar-refractivity contribution is 5.89.